The van der Waals surface area contributed by atoms with Crippen molar-refractivity contribution in [2.45, 2.75) is 45.4 Å². The first kappa shape index (κ1) is 15.4. The minimum atomic E-state index is 0.0739. The number of carbonyl (C=O) groups is 1. The van der Waals surface area contributed by atoms with Gasteiger partial charge in [0, 0.05) is 19.0 Å². The van der Waals surface area contributed by atoms with Gasteiger partial charge in [0.05, 0.1) is 6.61 Å². The molecule has 0 aromatic rings. The van der Waals surface area contributed by atoms with Gasteiger partial charge in [-0.3, -0.25) is 4.79 Å². The van der Waals surface area contributed by atoms with E-state index in [0.29, 0.717) is 6.54 Å². The van der Waals surface area contributed by atoms with Gasteiger partial charge in [0.15, 0.2) is 0 Å². The van der Waals surface area contributed by atoms with Crippen LogP contribution in [0.2, 0.25) is 0 Å². The third kappa shape index (κ3) is 5.36. The van der Waals surface area contributed by atoms with Gasteiger partial charge >= 0.3 is 0 Å². The molecule has 1 amide bonds. The van der Waals surface area contributed by atoms with E-state index >= 15 is 0 Å². The first-order chi connectivity index (χ1) is 8.79. The molecule has 0 unspecified atom stereocenters. The molecule has 0 radical (unpaired) electrons. The molecule has 0 aromatic carbocycles. The van der Waals surface area contributed by atoms with Crippen LogP contribution in [0.3, 0.4) is 0 Å². The lowest BCUT2D eigenvalue weighted by atomic mass is 9.96. The van der Waals surface area contributed by atoms with Crippen molar-refractivity contribution in [2.24, 2.45) is 5.92 Å². The van der Waals surface area contributed by atoms with Crippen LogP contribution in [0.4, 0.5) is 0 Å². The Bertz CT molecular complexity index is 228. The summed E-state index contributed by atoms with van der Waals surface area (Å²) in [5.74, 6) is 0.422. The molecule has 0 aliphatic carbocycles. The number of hydrogen-bond acceptors (Lipinski definition) is 3. The van der Waals surface area contributed by atoms with E-state index in [1.807, 2.05) is 4.90 Å². The Balaban J connectivity index is 2.35. The van der Waals surface area contributed by atoms with Crippen molar-refractivity contribution in [1.29, 1.82) is 0 Å². The number of rotatable bonds is 8. The van der Waals surface area contributed by atoms with Gasteiger partial charge < -0.3 is 15.3 Å². The average Bonchev–Trinajstić information content (AvgIpc) is 2.42. The van der Waals surface area contributed by atoms with Crippen molar-refractivity contribution >= 4 is 5.91 Å². The van der Waals surface area contributed by atoms with Gasteiger partial charge in [-0.15, -0.1) is 0 Å². The second-order valence-electron chi connectivity index (χ2n) is 5.13. The van der Waals surface area contributed by atoms with E-state index in [2.05, 4.69) is 12.2 Å². The van der Waals surface area contributed by atoms with Gasteiger partial charge in [0.25, 0.3) is 0 Å². The topological polar surface area (TPSA) is 52.6 Å². The molecule has 1 fully saturated rings. The van der Waals surface area contributed by atoms with E-state index in [-0.39, 0.29) is 18.4 Å². The normalized spacial score (nSPS) is 16.8. The lowest BCUT2D eigenvalue weighted by Crippen LogP contribution is -2.42. The number of carbonyl (C=O) groups excluding carboxylic acids is 1. The first-order valence-electron chi connectivity index (χ1n) is 7.40. The Kier molecular flexibility index (Phi) is 8.01. The predicted molar refractivity (Wildman–Crippen MR) is 73.4 cm³/mol. The number of nitrogens with zero attached hydrogens (tertiary/aromatic N) is 1. The van der Waals surface area contributed by atoms with Crippen molar-refractivity contribution in [3.8, 4) is 0 Å². The molecule has 18 heavy (non-hydrogen) atoms. The summed E-state index contributed by atoms with van der Waals surface area (Å²) < 4.78 is 0. The third-order valence-corrected chi connectivity index (χ3v) is 3.65. The highest BCUT2D eigenvalue weighted by Crippen LogP contribution is 2.15. The Hall–Kier alpha value is -0.610. The minimum Gasteiger partial charge on any atom is -0.395 e. The van der Waals surface area contributed by atoms with Crippen molar-refractivity contribution in [1.82, 2.24) is 10.2 Å². The van der Waals surface area contributed by atoms with Crippen LogP contribution in [0.25, 0.3) is 0 Å². The molecule has 1 heterocycles. The van der Waals surface area contributed by atoms with Gasteiger partial charge in [-0.25, -0.2) is 0 Å². The molecule has 0 atom stereocenters. The zero-order chi connectivity index (χ0) is 13.2. The number of piperidine rings is 1. The molecule has 106 valence electrons. The number of nitrogens with one attached hydrogen (secondary N) is 1. The lowest BCUT2D eigenvalue weighted by Gasteiger charge is -2.29. The van der Waals surface area contributed by atoms with Crippen LogP contribution in [0, 0.1) is 5.92 Å². The van der Waals surface area contributed by atoms with Crippen molar-refractivity contribution < 1.29 is 9.90 Å². The molecule has 0 spiro atoms. The second-order valence-corrected chi connectivity index (χ2v) is 5.13. The summed E-state index contributed by atoms with van der Waals surface area (Å²) in [4.78, 5) is 14.2. The van der Waals surface area contributed by atoms with Gasteiger partial charge in [-0.1, -0.05) is 26.2 Å². The molecule has 4 heteroatoms. The quantitative estimate of drug-likeness (QED) is 0.645. The van der Waals surface area contributed by atoms with E-state index < -0.39 is 0 Å². The lowest BCUT2D eigenvalue weighted by molar-refractivity contribution is -0.137. The Morgan fingerprint density at radius 2 is 1.94 bits per heavy atom. The second kappa shape index (κ2) is 9.34. The largest absolute Gasteiger partial charge is 0.395 e. The van der Waals surface area contributed by atoms with E-state index in [9.17, 15) is 4.79 Å². The van der Waals surface area contributed by atoms with Crippen LogP contribution in [0.5, 0.6) is 0 Å². The highest BCUT2D eigenvalue weighted by atomic mass is 16.3. The van der Waals surface area contributed by atoms with Gasteiger partial charge in [0.2, 0.25) is 5.91 Å². The maximum atomic E-state index is 12.3. The highest BCUT2D eigenvalue weighted by molar-refractivity contribution is 5.79. The smallest absolute Gasteiger partial charge is 0.225 e. The number of aliphatic hydroxyl groups is 1. The molecule has 1 rings (SSSR count). The van der Waals surface area contributed by atoms with Crippen molar-refractivity contribution in [3.63, 3.8) is 0 Å². The number of aliphatic hydroxyl groups excluding tert-OH is 1. The zero-order valence-corrected chi connectivity index (χ0v) is 11.7. The number of hydrogen-bond donors (Lipinski definition) is 2. The molecule has 1 saturated heterocycles. The van der Waals surface area contributed by atoms with Crippen LogP contribution < -0.4 is 5.32 Å². The van der Waals surface area contributed by atoms with Crippen LogP contribution in [0.1, 0.15) is 45.4 Å². The minimum absolute atomic E-state index is 0.0739. The maximum Gasteiger partial charge on any atom is 0.225 e. The summed E-state index contributed by atoms with van der Waals surface area (Å²) >= 11 is 0. The third-order valence-electron chi connectivity index (χ3n) is 3.65. The van der Waals surface area contributed by atoms with Crippen LogP contribution >= 0.6 is 0 Å². The van der Waals surface area contributed by atoms with E-state index in [1.54, 1.807) is 0 Å². The Labute approximate surface area is 111 Å². The molecular weight excluding hydrogens is 228 g/mol. The van der Waals surface area contributed by atoms with Gasteiger partial charge in [0.1, 0.15) is 0 Å². The molecule has 2 N–H and O–H groups in total. The fraction of sp³-hybridized carbons (Fsp3) is 0.929. The molecule has 0 saturated carbocycles. The van der Waals surface area contributed by atoms with Crippen LogP contribution in [-0.4, -0.2) is 48.7 Å². The molecule has 1 aliphatic rings. The fourth-order valence-corrected chi connectivity index (χ4v) is 2.51. The summed E-state index contributed by atoms with van der Waals surface area (Å²) in [5, 5.41) is 12.4. The summed E-state index contributed by atoms with van der Waals surface area (Å²) in [6.45, 7) is 5.45. The standard InChI is InChI=1S/C14H28N2O2/c1-2-3-4-5-10-16(11-12-17)14(18)13-6-8-15-9-7-13/h13,15,17H,2-12H2,1H3. The van der Waals surface area contributed by atoms with Crippen molar-refractivity contribution in [3.05, 3.63) is 0 Å². The Morgan fingerprint density at radius 3 is 2.56 bits per heavy atom. The van der Waals surface area contributed by atoms with Gasteiger partial charge in [-0.05, 0) is 32.4 Å². The first-order valence-corrected chi connectivity index (χ1v) is 7.40. The van der Waals surface area contributed by atoms with Crippen molar-refractivity contribution in [2.75, 3.05) is 32.8 Å². The summed E-state index contributed by atoms with van der Waals surface area (Å²) in [7, 11) is 0. The molecule has 0 aromatic heterocycles. The molecule has 1 aliphatic heterocycles. The molecule has 4 nitrogen and oxygen atoms in total. The molecular formula is C14H28N2O2. The summed E-state index contributed by atoms with van der Waals surface area (Å²) in [5.41, 5.74) is 0. The Morgan fingerprint density at radius 1 is 1.22 bits per heavy atom. The number of unbranched alkanes of at least 4 members (excludes halogenated alkanes) is 3. The SMILES string of the molecule is CCCCCCN(CCO)C(=O)C1CCNCC1. The monoisotopic (exact) mass is 256 g/mol. The highest BCUT2D eigenvalue weighted by Gasteiger charge is 2.25. The summed E-state index contributed by atoms with van der Waals surface area (Å²) in [6, 6.07) is 0. The van der Waals surface area contributed by atoms with E-state index in [4.69, 9.17) is 5.11 Å². The maximum absolute atomic E-state index is 12.3. The fourth-order valence-electron chi connectivity index (χ4n) is 2.51. The predicted octanol–water partition coefficient (Wildman–Crippen LogP) is 1.39. The van der Waals surface area contributed by atoms with Crippen LogP contribution in [-0.2, 0) is 4.79 Å². The number of amides is 1. The average molecular weight is 256 g/mol. The van der Waals surface area contributed by atoms with E-state index in [1.165, 1.54) is 19.3 Å². The zero-order valence-electron chi connectivity index (χ0n) is 11.7. The van der Waals surface area contributed by atoms with E-state index in [0.717, 1.165) is 38.9 Å². The van der Waals surface area contributed by atoms with Crippen LogP contribution in [0.15, 0.2) is 0 Å². The molecule has 0 bridgehead atoms. The van der Waals surface area contributed by atoms with Gasteiger partial charge in [-0.2, -0.15) is 0 Å². The summed E-state index contributed by atoms with van der Waals surface area (Å²) in [6.07, 6.45) is 6.56.